The summed E-state index contributed by atoms with van der Waals surface area (Å²) >= 11 is 0. The molecule has 1 unspecified atom stereocenters. The van der Waals surface area contributed by atoms with Gasteiger partial charge in [-0.3, -0.25) is 29.6 Å². The Morgan fingerprint density at radius 3 is 2.51 bits per heavy atom. The van der Waals surface area contributed by atoms with Crippen LogP contribution in [-0.2, 0) is 22.7 Å². The zero-order chi connectivity index (χ0) is 23.9. The standard InChI is InChI=1S/C27H31N5O3/c33-25-7-6-24(26(34)29-25)32-17-21-20(27(32)35)4-1-5-23(21)31-14-10-22(31)19-8-12-30(13-9-19)16-18-3-2-11-28-15-18/h1-5,11,15,19,22,24H,6-10,12-14,16-17H2,(H,29,33,34)/t22-,24?/m1/s1. The second-order valence-electron chi connectivity index (χ2n) is 10.2. The second kappa shape index (κ2) is 9.07. The van der Waals surface area contributed by atoms with Crippen molar-refractivity contribution in [2.45, 2.75) is 57.3 Å². The van der Waals surface area contributed by atoms with Crippen LogP contribution in [0.25, 0.3) is 0 Å². The molecule has 1 aromatic heterocycles. The summed E-state index contributed by atoms with van der Waals surface area (Å²) in [5.41, 5.74) is 4.13. The van der Waals surface area contributed by atoms with Crippen LogP contribution in [0.1, 0.15) is 53.6 Å². The molecule has 6 rings (SSSR count). The summed E-state index contributed by atoms with van der Waals surface area (Å²) in [5.74, 6) is -0.0694. The summed E-state index contributed by atoms with van der Waals surface area (Å²) in [6.45, 7) is 4.59. The topological polar surface area (TPSA) is 85.9 Å². The monoisotopic (exact) mass is 473 g/mol. The molecule has 0 aliphatic carbocycles. The number of carbonyl (C=O) groups is 3. The van der Waals surface area contributed by atoms with Gasteiger partial charge < -0.3 is 9.80 Å². The van der Waals surface area contributed by atoms with E-state index in [0.717, 1.165) is 37.4 Å². The van der Waals surface area contributed by atoms with E-state index < -0.39 is 6.04 Å². The van der Waals surface area contributed by atoms with E-state index in [-0.39, 0.29) is 24.1 Å². The van der Waals surface area contributed by atoms with Crippen molar-refractivity contribution < 1.29 is 14.4 Å². The smallest absolute Gasteiger partial charge is 0.255 e. The van der Waals surface area contributed by atoms with Crippen LogP contribution in [0.2, 0.25) is 0 Å². The molecule has 3 amide bonds. The minimum atomic E-state index is -0.572. The molecule has 4 aliphatic heterocycles. The van der Waals surface area contributed by atoms with E-state index in [1.165, 1.54) is 24.8 Å². The molecule has 4 aliphatic rings. The maximum absolute atomic E-state index is 13.2. The van der Waals surface area contributed by atoms with Crippen molar-refractivity contribution in [2.75, 3.05) is 24.5 Å². The third-order valence-corrected chi connectivity index (χ3v) is 8.24. The van der Waals surface area contributed by atoms with E-state index in [9.17, 15) is 14.4 Å². The number of amides is 3. The molecule has 5 heterocycles. The fourth-order valence-electron chi connectivity index (χ4n) is 6.28. The Kier molecular flexibility index (Phi) is 5.76. The molecule has 182 valence electrons. The number of piperidine rings is 2. The van der Waals surface area contributed by atoms with Crippen molar-refractivity contribution >= 4 is 23.4 Å². The van der Waals surface area contributed by atoms with Crippen molar-refractivity contribution in [3.63, 3.8) is 0 Å². The number of anilines is 1. The molecule has 8 nitrogen and oxygen atoms in total. The fraction of sp³-hybridized carbons (Fsp3) is 0.481. The number of fused-ring (bicyclic) bond motifs is 1. The normalized spacial score (nSPS) is 25.4. The lowest BCUT2D eigenvalue weighted by Crippen LogP contribution is -2.54. The molecule has 35 heavy (non-hydrogen) atoms. The number of aromatic nitrogens is 1. The Bertz CT molecular complexity index is 1140. The zero-order valence-corrected chi connectivity index (χ0v) is 19.9. The minimum absolute atomic E-state index is 0.0999. The van der Waals surface area contributed by atoms with E-state index in [4.69, 9.17) is 0 Å². The second-order valence-corrected chi connectivity index (χ2v) is 10.2. The fourth-order valence-corrected chi connectivity index (χ4v) is 6.28. The van der Waals surface area contributed by atoms with Gasteiger partial charge in [-0.05, 0) is 68.5 Å². The summed E-state index contributed by atoms with van der Waals surface area (Å²) in [6, 6.07) is 10.0. The highest BCUT2D eigenvalue weighted by Gasteiger charge is 2.43. The van der Waals surface area contributed by atoms with Crippen molar-refractivity contribution in [2.24, 2.45) is 5.92 Å². The Balaban J connectivity index is 1.13. The Labute approximate surface area is 205 Å². The highest BCUT2D eigenvalue weighted by atomic mass is 16.2. The molecule has 0 saturated carbocycles. The molecule has 1 N–H and O–H groups in total. The third kappa shape index (κ3) is 4.10. The first kappa shape index (κ1) is 22.2. The largest absolute Gasteiger partial charge is 0.368 e. The summed E-state index contributed by atoms with van der Waals surface area (Å²) < 4.78 is 0. The third-order valence-electron chi connectivity index (χ3n) is 8.24. The van der Waals surface area contributed by atoms with Gasteiger partial charge in [-0.1, -0.05) is 12.1 Å². The number of nitrogens with one attached hydrogen (secondary N) is 1. The summed E-state index contributed by atoms with van der Waals surface area (Å²) in [6.07, 6.45) is 7.98. The number of likely N-dealkylation sites (tertiary alicyclic amines) is 1. The van der Waals surface area contributed by atoms with Crippen LogP contribution in [0.4, 0.5) is 5.69 Å². The van der Waals surface area contributed by atoms with Crippen LogP contribution in [-0.4, -0.2) is 64.2 Å². The Hall–Kier alpha value is -3.26. The molecule has 0 spiro atoms. The number of hydrogen-bond acceptors (Lipinski definition) is 6. The minimum Gasteiger partial charge on any atom is -0.368 e. The summed E-state index contributed by atoms with van der Waals surface area (Å²) in [7, 11) is 0. The molecule has 1 aromatic carbocycles. The van der Waals surface area contributed by atoms with Gasteiger partial charge in [0.1, 0.15) is 6.04 Å². The van der Waals surface area contributed by atoms with Crippen molar-refractivity contribution in [1.29, 1.82) is 0 Å². The van der Waals surface area contributed by atoms with Gasteiger partial charge in [0, 0.05) is 61.3 Å². The number of pyridine rings is 1. The van der Waals surface area contributed by atoms with E-state index in [1.807, 2.05) is 30.6 Å². The Morgan fingerprint density at radius 1 is 0.943 bits per heavy atom. The summed E-state index contributed by atoms with van der Waals surface area (Å²) in [4.78, 5) is 48.1. The molecular formula is C27H31N5O3. The van der Waals surface area contributed by atoms with Gasteiger partial charge in [-0.25, -0.2) is 0 Å². The maximum Gasteiger partial charge on any atom is 0.255 e. The molecule has 2 atom stereocenters. The lowest BCUT2D eigenvalue weighted by Gasteiger charge is -2.50. The van der Waals surface area contributed by atoms with Crippen LogP contribution in [0.5, 0.6) is 0 Å². The lowest BCUT2D eigenvalue weighted by atomic mass is 9.81. The predicted molar refractivity (Wildman–Crippen MR) is 130 cm³/mol. The summed E-state index contributed by atoms with van der Waals surface area (Å²) in [5, 5.41) is 2.39. The molecule has 8 heteroatoms. The van der Waals surface area contributed by atoms with Gasteiger partial charge in [0.15, 0.2) is 0 Å². The highest BCUT2D eigenvalue weighted by molar-refractivity contribution is 6.06. The van der Waals surface area contributed by atoms with Crippen LogP contribution in [0.3, 0.4) is 0 Å². The number of nitrogens with zero attached hydrogens (tertiary/aromatic N) is 4. The average molecular weight is 474 g/mol. The molecule has 3 fully saturated rings. The molecule has 3 saturated heterocycles. The van der Waals surface area contributed by atoms with Gasteiger partial charge in [-0.15, -0.1) is 0 Å². The molecule has 0 bridgehead atoms. The number of rotatable bonds is 5. The first-order valence-corrected chi connectivity index (χ1v) is 12.7. The van der Waals surface area contributed by atoms with E-state index >= 15 is 0 Å². The average Bonchev–Trinajstić information content (AvgIpc) is 3.17. The predicted octanol–water partition coefficient (Wildman–Crippen LogP) is 2.33. The van der Waals surface area contributed by atoms with Crippen LogP contribution in [0, 0.1) is 5.92 Å². The number of imide groups is 1. The van der Waals surface area contributed by atoms with Crippen LogP contribution < -0.4 is 10.2 Å². The van der Waals surface area contributed by atoms with Gasteiger partial charge in [0.2, 0.25) is 11.8 Å². The molecular weight excluding hydrogens is 442 g/mol. The van der Waals surface area contributed by atoms with Gasteiger partial charge in [-0.2, -0.15) is 0 Å². The number of benzene rings is 1. The quantitative estimate of drug-likeness (QED) is 0.671. The zero-order valence-electron chi connectivity index (χ0n) is 19.9. The maximum atomic E-state index is 13.2. The molecule has 2 aromatic rings. The van der Waals surface area contributed by atoms with Gasteiger partial charge >= 0.3 is 0 Å². The van der Waals surface area contributed by atoms with E-state index in [2.05, 4.69) is 32.2 Å². The van der Waals surface area contributed by atoms with E-state index in [0.29, 0.717) is 30.5 Å². The van der Waals surface area contributed by atoms with Crippen molar-refractivity contribution in [1.82, 2.24) is 20.1 Å². The van der Waals surface area contributed by atoms with Crippen molar-refractivity contribution in [3.05, 3.63) is 59.4 Å². The first-order valence-electron chi connectivity index (χ1n) is 12.7. The first-order chi connectivity index (χ1) is 17.1. The van der Waals surface area contributed by atoms with Gasteiger partial charge in [0.25, 0.3) is 5.91 Å². The van der Waals surface area contributed by atoms with Crippen LogP contribution >= 0.6 is 0 Å². The van der Waals surface area contributed by atoms with Crippen LogP contribution in [0.15, 0.2) is 42.7 Å². The Morgan fingerprint density at radius 2 is 1.80 bits per heavy atom. The van der Waals surface area contributed by atoms with E-state index in [1.54, 1.807) is 4.90 Å². The molecule has 0 radical (unpaired) electrons. The SMILES string of the molecule is O=C1CCC(N2Cc3c(cccc3N3CC[C@@H]3C3CCN(Cc4cccnc4)CC3)C2=O)C(=O)N1. The van der Waals surface area contributed by atoms with Gasteiger partial charge in [0.05, 0.1) is 0 Å². The number of carbonyl (C=O) groups excluding carboxylic acids is 3. The highest BCUT2D eigenvalue weighted by Crippen LogP contribution is 2.41. The van der Waals surface area contributed by atoms with Crippen molar-refractivity contribution in [3.8, 4) is 0 Å². The lowest BCUT2D eigenvalue weighted by molar-refractivity contribution is -0.136. The number of hydrogen-bond donors (Lipinski definition) is 1.